The molecule has 1 heterocycles. The Hall–Kier alpha value is -3.44. The van der Waals surface area contributed by atoms with Crippen LogP contribution < -0.4 is 9.47 Å². The van der Waals surface area contributed by atoms with Crippen LogP contribution in [0, 0.1) is 0 Å². The van der Waals surface area contributed by atoms with Crippen LogP contribution in [0.2, 0.25) is 5.02 Å². The summed E-state index contributed by atoms with van der Waals surface area (Å²) in [6.45, 7) is 0.422. The van der Waals surface area contributed by atoms with E-state index in [0.717, 1.165) is 27.7 Å². The number of hydrogen-bond acceptors (Lipinski definition) is 3. The average Bonchev–Trinajstić information content (AvgIpc) is 3.10. The smallest absolute Gasteiger partial charge is 0.307 e. The van der Waals surface area contributed by atoms with E-state index in [0.29, 0.717) is 28.7 Å². The fourth-order valence-electron chi connectivity index (χ4n) is 3.48. The molecule has 0 fully saturated rings. The van der Waals surface area contributed by atoms with E-state index in [1.165, 1.54) is 0 Å². The highest BCUT2D eigenvalue weighted by molar-refractivity contribution is 6.31. The second-order valence-corrected chi connectivity index (χ2v) is 7.32. The first kappa shape index (κ1) is 19.9. The molecule has 4 rings (SSSR count). The van der Waals surface area contributed by atoms with E-state index in [2.05, 4.69) is 4.98 Å². The molecule has 6 heteroatoms. The summed E-state index contributed by atoms with van der Waals surface area (Å²) < 4.78 is 11.5. The van der Waals surface area contributed by atoms with Crippen molar-refractivity contribution >= 4 is 28.5 Å². The van der Waals surface area contributed by atoms with E-state index in [9.17, 15) is 9.90 Å². The lowest BCUT2D eigenvalue weighted by atomic mass is 10.0. The Balaban J connectivity index is 1.71. The average molecular weight is 422 g/mol. The van der Waals surface area contributed by atoms with Gasteiger partial charge in [0.2, 0.25) is 0 Å². The van der Waals surface area contributed by atoms with Crippen molar-refractivity contribution in [1.29, 1.82) is 0 Å². The Kier molecular flexibility index (Phi) is 5.63. The third-order valence-corrected chi connectivity index (χ3v) is 5.12. The van der Waals surface area contributed by atoms with E-state index in [1.807, 2.05) is 54.6 Å². The molecule has 0 spiro atoms. The second-order valence-electron chi connectivity index (χ2n) is 6.88. The molecule has 3 aromatic carbocycles. The van der Waals surface area contributed by atoms with Gasteiger partial charge < -0.3 is 19.6 Å². The molecule has 4 aromatic rings. The number of rotatable bonds is 7. The molecule has 1 aromatic heterocycles. The zero-order valence-corrected chi connectivity index (χ0v) is 17.1. The van der Waals surface area contributed by atoms with Gasteiger partial charge in [-0.1, -0.05) is 41.9 Å². The molecule has 0 amide bonds. The van der Waals surface area contributed by atoms with Crippen LogP contribution in [0.1, 0.15) is 11.1 Å². The highest BCUT2D eigenvalue weighted by Crippen LogP contribution is 2.37. The fourth-order valence-corrected chi connectivity index (χ4v) is 3.65. The summed E-state index contributed by atoms with van der Waals surface area (Å²) >= 11 is 6.14. The number of halogens is 1. The number of aromatic amines is 1. The van der Waals surface area contributed by atoms with Crippen LogP contribution in [0.15, 0.2) is 66.7 Å². The monoisotopic (exact) mass is 421 g/mol. The standard InChI is InChI=1S/C24H20ClNO4/c1-29-22-11-16(7-10-21(22)30-14-15-5-3-2-4-6-15)24-19(13-23(27)28)18-12-17(25)8-9-20(18)26-24/h2-12,26H,13-14H2,1H3,(H,27,28). The van der Waals surface area contributed by atoms with E-state index < -0.39 is 5.97 Å². The van der Waals surface area contributed by atoms with Gasteiger partial charge in [0, 0.05) is 21.5 Å². The number of benzene rings is 3. The molecule has 5 nitrogen and oxygen atoms in total. The van der Waals surface area contributed by atoms with Crippen molar-refractivity contribution in [1.82, 2.24) is 4.98 Å². The fraction of sp³-hybridized carbons (Fsp3) is 0.125. The molecular weight excluding hydrogens is 402 g/mol. The van der Waals surface area contributed by atoms with Crippen molar-refractivity contribution in [3.8, 4) is 22.8 Å². The predicted octanol–water partition coefficient (Wildman–Crippen LogP) is 5.70. The lowest BCUT2D eigenvalue weighted by Crippen LogP contribution is -2.01. The van der Waals surface area contributed by atoms with Crippen LogP contribution in [-0.4, -0.2) is 23.2 Å². The van der Waals surface area contributed by atoms with E-state index in [4.69, 9.17) is 21.1 Å². The second kappa shape index (κ2) is 8.51. The number of fused-ring (bicyclic) bond motifs is 1. The Labute approximate surface area is 178 Å². The molecule has 0 unspecified atom stereocenters. The van der Waals surface area contributed by atoms with Gasteiger partial charge in [-0.3, -0.25) is 4.79 Å². The third kappa shape index (κ3) is 4.11. The minimum Gasteiger partial charge on any atom is -0.493 e. The Morgan fingerprint density at radius 2 is 1.83 bits per heavy atom. The summed E-state index contributed by atoms with van der Waals surface area (Å²) in [5.41, 5.74) is 4.10. The van der Waals surface area contributed by atoms with Gasteiger partial charge in [-0.2, -0.15) is 0 Å². The van der Waals surface area contributed by atoms with Gasteiger partial charge in [0.25, 0.3) is 0 Å². The number of carboxylic acid groups (broad SMARTS) is 1. The Morgan fingerprint density at radius 3 is 2.57 bits per heavy atom. The largest absolute Gasteiger partial charge is 0.493 e. The van der Waals surface area contributed by atoms with Gasteiger partial charge >= 0.3 is 5.97 Å². The van der Waals surface area contributed by atoms with Crippen molar-refractivity contribution in [3.63, 3.8) is 0 Å². The van der Waals surface area contributed by atoms with E-state index in [-0.39, 0.29) is 6.42 Å². The summed E-state index contributed by atoms with van der Waals surface area (Å²) in [6.07, 6.45) is -0.121. The summed E-state index contributed by atoms with van der Waals surface area (Å²) in [6, 6.07) is 20.8. The predicted molar refractivity (Wildman–Crippen MR) is 117 cm³/mol. The maximum atomic E-state index is 11.5. The van der Waals surface area contributed by atoms with Crippen molar-refractivity contribution in [2.75, 3.05) is 7.11 Å². The Bertz CT molecular complexity index is 1200. The highest BCUT2D eigenvalue weighted by Gasteiger charge is 2.18. The molecule has 0 bridgehead atoms. The molecule has 30 heavy (non-hydrogen) atoms. The lowest BCUT2D eigenvalue weighted by Gasteiger charge is -2.13. The minimum atomic E-state index is -0.910. The molecule has 2 N–H and O–H groups in total. The van der Waals surface area contributed by atoms with Gasteiger partial charge in [-0.25, -0.2) is 0 Å². The number of aromatic nitrogens is 1. The number of aliphatic carboxylic acids is 1. The zero-order chi connectivity index (χ0) is 21.1. The third-order valence-electron chi connectivity index (χ3n) is 4.89. The Morgan fingerprint density at radius 1 is 1.03 bits per heavy atom. The van der Waals surface area contributed by atoms with Crippen molar-refractivity contribution in [2.45, 2.75) is 13.0 Å². The number of carboxylic acids is 1. The molecule has 152 valence electrons. The van der Waals surface area contributed by atoms with E-state index >= 15 is 0 Å². The first-order valence-electron chi connectivity index (χ1n) is 9.42. The summed E-state index contributed by atoms with van der Waals surface area (Å²) in [7, 11) is 1.58. The van der Waals surface area contributed by atoms with Crippen LogP contribution in [0.5, 0.6) is 11.5 Å². The summed E-state index contributed by atoms with van der Waals surface area (Å²) in [5, 5.41) is 10.8. The maximum absolute atomic E-state index is 11.5. The maximum Gasteiger partial charge on any atom is 0.307 e. The van der Waals surface area contributed by atoms with Crippen molar-refractivity contribution < 1.29 is 19.4 Å². The van der Waals surface area contributed by atoms with Crippen LogP contribution >= 0.6 is 11.6 Å². The zero-order valence-electron chi connectivity index (χ0n) is 16.3. The number of nitrogens with one attached hydrogen (secondary N) is 1. The molecule has 0 saturated heterocycles. The summed E-state index contributed by atoms with van der Waals surface area (Å²) in [4.78, 5) is 14.8. The first-order chi connectivity index (χ1) is 14.5. The highest BCUT2D eigenvalue weighted by atomic mass is 35.5. The van der Waals surface area contributed by atoms with Gasteiger partial charge in [0.1, 0.15) is 6.61 Å². The van der Waals surface area contributed by atoms with Crippen molar-refractivity contribution in [3.05, 3.63) is 82.9 Å². The lowest BCUT2D eigenvalue weighted by molar-refractivity contribution is -0.136. The molecule has 0 aliphatic heterocycles. The van der Waals surface area contributed by atoms with Crippen LogP contribution in [0.25, 0.3) is 22.2 Å². The topological polar surface area (TPSA) is 71.6 Å². The van der Waals surface area contributed by atoms with Crippen LogP contribution in [-0.2, 0) is 17.8 Å². The van der Waals surface area contributed by atoms with Gasteiger partial charge in [0.15, 0.2) is 11.5 Å². The van der Waals surface area contributed by atoms with Crippen LogP contribution in [0.3, 0.4) is 0 Å². The number of H-pyrrole nitrogens is 1. The summed E-state index contributed by atoms with van der Waals surface area (Å²) in [5.74, 6) is 0.275. The van der Waals surface area contributed by atoms with Crippen molar-refractivity contribution in [2.24, 2.45) is 0 Å². The molecule has 0 atom stereocenters. The van der Waals surface area contributed by atoms with Gasteiger partial charge in [-0.15, -0.1) is 0 Å². The molecule has 0 radical (unpaired) electrons. The first-order valence-corrected chi connectivity index (χ1v) is 9.80. The number of ether oxygens (including phenoxy) is 2. The SMILES string of the molecule is COc1cc(-c2[nH]c3ccc(Cl)cc3c2CC(=O)O)ccc1OCc1ccccc1. The number of methoxy groups -OCH3 is 1. The van der Waals surface area contributed by atoms with Gasteiger partial charge in [0.05, 0.1) is 19.2 Å². The number of carbonyl (C=O) groups is 1. The quantitative estimate of drug-likeness (QED) is 0.401. The molecule has 0 saturated carbocycles. The normalized spacial score (nSPS) is 10.9. The van der Waals surface area contributed by atoms with Gasteiger partial charge in [-0.05, 0) is 47.5 Å². The van der Waals surface area contributed by atoms with Crippen LogP contribution in [0.4, 0.5) is 0 Å². The van der Waals surface area contributed by atoms with E-state index in [1.54, 1.807) is 19.2 Å². The molecule has 0 aliphatic carbocycles. The molecule has 0 aliphatic rings. The molecular formula is C24H20ClNO4. The minimum absolute atomic E-state index is 0.121. The number of hydrogen-bond donors (Lipinski definition) is 2.